The summed E-state index contributed by atoms with van der Waals surface area (Å²) in [4.78, 5) is 24.8. The first-order valence-corrected chi connectivity index (χ1v) is 6.64. The molecule has 1 atom stereocenters. The van der Waals surface area contributed by atoms with Gasteiger partial charge in [-0.15, -0.1) is 0 Å². The number of carbonyl (C=O) groups excluding carboxylic acids is 2. The van der Waals surface area contributed by atoms with Crippen LogP contribution in [0, 0.1) is 0 Å². The molecule has 0 spiro atoms. The van der Waals surface area contributed by atoms with Crippen LogP contribution in [0.2, 0.25) is 0 Å². The Bertz CT molecular complexity index is 472. The number of para-hydroxylation sites is 1. The van der Waals surface area contributed by atoms with Crippen molar-refractivity contribution in [1.29, 1.82) is 0 Å². The molecule has 20 heavy (non-hydrogen) atoms. The van der Waals surface area contributed by atoms with Crippen molar-refractivity contribution < 1.29 is 14.3 Å². The number of carbonyl (C=O) groups is 2. The zero-order valence-electron chi connectivity index (χ0n) is 12.5. The number of rotatable bonds is 6. The van der Waals surface area contributed by atoms with E-state index in [1.807, 2.05) is 31.2 Å². The molecular formula is C15H22N2O3. The molecule has 0 aromatic heterocycles. The number of nitrogens with one attached hydrogen (secondary N) is 1. The SMILES string of the molecule is CCOc1ccccc1[C@H](CC(=O)N(C)C)NC(C)=O. The zero-order valence-corrected chi connectivity index (χ0v) is 12.5. The van der Waals surface area contributed by atoms with E-state index in [9.17, 15) is 9.59 Å². The molecule has 1 aromatic rings. The van der Waals surface area contributed by atoms with Gasteiger partial charge >= 0.3 is 0 Å². The van der Waals surface area contributed by atoms with Crippen LogP contribution in [0.3, 0.4) is 0 Å². The third-order valence-corrected chi connectivity index (χ3v) is 2.85. The maximum atomic E-state index is 11.9. The van der Waals surface area contributed by atoms with E-state index in [4.69, 9.17) is 4.74 Å². The van der Waals surface area contributed by atoms with Gasteiger partial charge in [0, 0.05) is 26.6 Å². The number of benzene rings is 1. The van der Waals surface area contributed by atoms with Gasteiger partial charge in [-0.3, -0.25) is 9.59 Å². The smallest absolute Gasteiger partial charge is 0.224 e. The van der Waals surface area contributed by atoms with Gasteiger partial charge in [0.15, 0.2) is 0 Å². The van der Waals surface area contributed by atoms with Crippen LogP contribution in [-0.2, 0) is 9.59 Å². The van der Waals surface area contributed by atoms with Crippen molar-refractivity contribution in [2.75, 3.05) is 20.7 Å². The molecule has 5 nitrogen and oxygen atoms in total. The standard InChI is InChI=1S/C15H22N2O3/c1-5-20-14-9-7-6-8-12(14)13(16-11(2)18)10-15(19)17(3)4/h6-9,13H,5,10H2,1-4H3,(H,16,18)/t13-/m0/s1. The molecule has 0 radical (unpaired) electrons. The van der Waals surface area contributed by atoms with E-state index in [-0.39, 0.29) is 24.3 Å². The predicted octanol–water partition coefficient (Wildman–Crippen LogP) is 1.74. The monoisotopic (exact) mass is 278 g/mol. The van der Waals surface area contributed by atoms with Crippen LogP contribution in [0.4, 0.5) is 0 Å². The summed E-state index contributed by atoms with van der Waals surface area (Å²) in [7, 11) is 3.39. The van der Waals surface area contributed by atoms with Gasteiger partial charge in [0.1, 0.15) is 5.75 Å². The zero-order chi connectivity index (χ0) is 15.1. The molecular weight excluding hydrogens is 256 g/mol. The number of hydrogen-bond donors (Lipinski definition) is 1. The van der Waals surface area contributed by atoms with Crippen LogP contribution in [0.25, 0.3) is 0 Å². The molecule has 1 aromatic carbocycles. The van der Waals surface area contributed by atoms with E-state index in [0.717, 1.165) is 5.56 Å². The lowest BCUT2D eigenvalue weighted by Gasteiger charge is -2.22. The van der Waals surface area contributed by atoms with Crippen molar-refractivity contribution in [1.82, 2.24) is 10.2 Å². The summed E-state index contributed by atoms with van der Waals surface area (Å²) in [5.41, 5.74) is 0.819. The molecule has 1 rings (SSSR count). The Labute approximate surface area is 119 Å². The first-order chi connectivity index (χ1) is 9.45. The third kappa shape index (κ3) is 4.57. The molecule has 5 heteroatoms. The molecule has 2 amide bonds. The number of nitrogens with zero attached hydrogens (tertiary/aromatic N) is 1. The van der Waals surface area contributed by atoms with Crippen LogP contribution in [0.5, 0.6) is 5.75 Å². The fraction of sp³-hybridized carbons (Fsp3) is 0.467. The second-order valence-electron chi connectivity index (χ2n) is 4.72. The summed E-state index contributed by atoms with van der Waals surface area (Å²) >= 11 is 0. The average molecular weight is 278 g/mol. The first-order valence-electron chi connectivity index (χ1n) is 6.64. The fourth-order valence-corrected chi connectivity index (χ4v) is 1.90. The lowest BCUT2D eigenvalue weighted by atomic mass is 10.0. The maximum Gasteiger partial charge on any atom is 0.224 e. The lowest BCUT2D eigenvalue weighted by Crippen LogP contribution is -2.32. The van der Waals surface area contributed by atoms with Crippen molar-refractivity contribution in [2.24, 2.45) is 0 Å². The average Bonchev–Trinajstić information content (AvgIpc) is 2.38. The Morgan fingerprint density at radius 3 is 2.50 bits per heavy atom. The van der Waals surface area contributed by atoms with E-state index in [1.54, 1.807) is 14.1 Å². The Hall–Kier alpha value is -2.04. The second kappa shape index (κ2) is 7.53. The minimum Gasteiger partial charge on any atom is -0.494 e. The van der Waals surface area contributed by atoms with Gasteiger partial charge < -0.3 is 15.0 Å². The molecule has 0 heterocycles. The van der Waals surface area contributed by atoms with Crippen LogP contribution in [-0.4, -0.2) is 37.4 Å². The van der Waals surface area contributed by atoms with E-state index in [2.05, 4.69) is 5.32 Å². The van der Waals surface area contributed by atoms with Crippen LogP contribution in [0.15, 0.2) is 24.3 Å². The summed E-state index contributed by atoms with van der Waals surface area (Å²) < 4.78 is 5.57. The third-order valence-electron chi connectivity index (χ3n) is 2.85. The first kappa shape index (κ1) is 16.0. The van der Waals surface area contributed by atoms with Crippen LogP contribution >= 0.6 is 0 Å². The highest BCUT2D eigenvalue weighted by Gasteiger charge is 2.21. The quantitative estimate of drug-likeness (QED) is 0.862. The van der Waals surface area contributed by atoms with Crippen molar-refractivity contribution in [3.05, 3.63) is 29.8 Å². The predicted molar refractivity (Wildman–Crippen MR) is 77.5 cm³/mol. The van der Waals surface area contributed by atoms with Gasteiger partial charge in [-0.1, -0.05) is 18.2 Å². The van der Waals surface area contributed by atoms with Gasteiger partial charge in [0.25, 0.3) is 0 Å². The Morgan fingerprint density at radius 2 is 1.95 bits per heavy atom. The maximum absolute atomic E-state index is 11.9. The van der Waals surface area contributed by atoms with Crippen LogP contribution in [0.1, 0.15) is 31.9 Å². The molecule has 0 fully saturated rings. The van der Waals surface area contributed by atoms with Gasteiger partial charge in [-0.2, -0.15) is 0 Å². The number of hydrogen-bond acceptors (Lipinski definition) is 3. The van der Waals surface area contributed by atoms with Crippen molar-refractivity contribution in [2.45, 2.75) is 26.3 Å². The molecule has 1 N–H and O–H groups in total. The molecule has 0 bridgehead atoms. The summed E-state index contributed by atoms with van der Waals surface area (Å²) in [6.45, 7) is 3.87. The van der Waals surface area contributed by atoms with Crippen molar-refractivity contribution in [3.8, 4) is 5.75 Å². The van der Waals surface area contributed by atoms with Crippen molar-refractivity contribution in [3.63, 3.8) is 0 Å². The van der Waals surface area contributed by atoms with Crippen LogP contribution < -0.4 is 10.1 Å². The highest BCUT2D eigenvalue weighted by atomic mass is 16.5. The van der Waals surface area contributed by atoms with E-state index >= 15 is 0 Å². The lowest BCUT2D eigenvalue weighted by molar-refractivity contribution is -0.129. The van der Waals surface area contributed by atoms with E-state index in [0.29, 0.717) is 12.4 Å². The minimum absolute atomic E-state index is 0.0462. The Balaban J connectivity index is 3.03. The molecule has 0 aliphatic rings. The molecule has 0 aliphatic heterocycles. The molecule has 0 aliphatic carbocycles. The van der Waals surface area contributed by atoms with Gasteiger partial charge in [0.05, 0.1) is 19.1 Å². The normalized spacial score (nSPS) is 11.6. The molecule has 0 unspecified atom stereocenters. The molecule has 0 saturated heterocycles. The largest absolute Gasteiger partial charge is 0.494 e. The molecule has 110 valence electrons. The summed E-state index contributed by atoms with van der Waals surface area (Å²) in [5.74, 6) is 0.475. The summed E-state index contributed by atoms with van der Waals surface area (Å²) in [5, 5.41) is 2.81. The van der Waals surface area contributed by atoms with E-state index < -0.39 is 0 Å². The van der Waals surface area contributed by atoms with Gasteiger partial charge in [-0.05, 0) is 13.0 Å². The minimum atomic E-state index is -0.384. The molecule has 0 saturated carbocycles. The fourth-order valence-electron chi connectivity index (χ4n) is 1.90. The topological polar surface area (TPSA) is 58.6 Å². The highest BCUT2D eigenvalue weighted by molar-refractivity contribution is 5.79. The van der Waals surface area contributed by atoms with Gasteiger partial charge in [0.2, 0.25) is 11.8 Å². The number of amides is 2. The van der Waals surface area contributed by atoms with E-state index in [1.165, 1.54) is 11.8 Å². The Morgan fingerprint density at radius 1 is 1.30 bits per heavy atom. The van der Waals surface area contributed by atoms with Gasteiger partial charge in [-0.25, -0.2) is 0 Å². The second-order valence-corrected chi connectivity index (χ2v) is 4.72. The number of ether oxygens (including phenoxy) is 1. The van der Waals surface area contributed by atoms with Crippen molar-refractivity contribution >= 4 is 11.8 Å². The highest BCUT2D eigenvalue weighted by Crippen LogP contribution is 2.27. The summed E-state index contributed by atoms with van der Waals surface area (Å²) in [6.07, 6.45) is 0.205. The summed E-state index contributed by atoms with van der Waals surface area (Å²) in [6, 6.07) is 7.06. The Kier molecular flexibility index (Phi) is 6.03.